The summed E-state index contributed by atoms with van der Waals surface area (Å²) in [6.07, 6.45) is 8.04. The average molecular weight is 360 g/mol. The molecule has 0 saturated carbocycles. The Labute approximate surface area is 158 Å². The molecule has 4 heteroatoms. The number of unbranched alkanes of at least 4 members (excludes halogenated alkanes) is 3. The van der Waals surface area contributed by atoms with E-state index in [1.54, 1.807) is 11.0 Å². The molecular weight excluding hydrogens is 326 g/mol. The standard InChI is InChI=1S/C22H33NO3/c1-5-6-7-8-16-23(17-15-22(25)26-4)21(24)14-11-19-9-12-20(13-10-19)18(2)3/h9-14,18H,5-8,15-17H2,1-4H3/b14-11+. The van der Waals surface area contributed by atoms with Gasteiger partial charge in [-0.2, -0.15) is 0 Å². The van der Waals surface area contributed by atoms with E-state index in [-0.39, 0.29) is 18.3 Å². The largest absolute Gasteiger partial charge is 0.469 e. The minimum atomic E-state index is -0.287. The molecule has 0 spiro atoms. The molecule has 0 saturated heterocycles. The van der Waals surface area contributed by atoms with Crippen LogP contribution in [-0.2, 0) is 14.3 Å². The summed E-state index contributed by atoms with van der Waals surface area (Å²) < 4.78 is 4.69. The summed E-state index contributed by atoms with van der Waals surface area (Å²) in [5, 5.41) is 0. The number of esters is 1. The highest BCUT2D eigenvalue weighted by atomic mass is 16.5. The van der Waals surface area contributed by atoms with Gasteiger partial charge in [-0.1, -0.05) is 64.3 Å². The van der Waals surface area contributed by atoms with Gasteiger partial charge in [-0.25, -0.2) is 0 Å². The van der Waals surface area contributed by atoms with E-state index >= 15 is 0 Å². The van der Waals surface area contributed by atoms with Crippen LogP contribution >= 0.6 is 0 Å². The summed E-state index contributed by atoms with van der Waals surface area (Å²) in [7, 11) is 1.37. The molecule has 1 aromatic carbocycles. The number of nitrogens with zero attached hydrogens (tertiary/aromatic N) is 1. The van der Waals surface area contributed by atoms with Gasteiger partial charge in [-0.3, -0.25) is 9.59 Å². The van der Waals surface area contributed by atoms with Crippen LogP contribution in [0.2, 0.25) is 0 Å². The maximum absolute atomic E-state index is 12.5. The van der Waals surface area contributed by atoms with Crippen LogP contribution in [0.1, 0.15) is 69.9 Å². The van der Waals surface area contributed by atoms with Crippen molar-refractivity contribution in [3.63, 3.8) is 0 Å². The molecule has 0 unspecified atom stereocenters. The average Bonchev–Trinajstić information content (AvgIpc) is 2.65. The van der Waals surface area contributed by atoms with E-state index in [1.165, 1.54) is 12.7 Å². The van der Waals surface area contributed by atoms with Gasteiger partial charge in [0.1, 0.15) is 0 Å². The van der Waals surface area contributed by atoms with E-state index in [4.69, 9.17) is 0 Å². The number of benzene rings is 1. The smallest absolute Gasteiger partial charge is 0.307 e. The zero-order valence-electron chi connectivity index (χ0n) is 16.7. The molecule has 0 aliphatic carbocycles. The van der Waals surface area contributed by atoms with Gasteiger partial charge < -0.3 is 9.64 Å². The minimum Gasteiger partial charge on any atom is -0.469 e. The van der Waals surface area contributed by atoms with Crippen molar-refractivity contribution in [2.24, 2.45) is 0 Å². The summed E-state index contributed by atoms with van der Waals surface area (Å²) in [4.78, 5) is 25.7. The fourth-order valence-corrected chi connectivity index (χ4v) is 2.65. The van der Waals surface area contributed by atoms with Crippen molar-refractivity contribution in [1.29, 1.82) is 0 Å². The third kappa shape index (κ3) is 8.32. The van der Waals surface area contributed by atoms with Crippen LogP contribution < -0.4 is 0 Å². The molecule has 0 bridgehead atoms. The zero-order chi connectivity index (χ0) is 19.4. The Morgan fingerprint density at radius 3 is 2.35 bits per heavy atom. The fraction of sp³-hybridized carbons (Fsp3) is 0.545. The van der Waals surface area contributed by atoms with Crippen LogP contribution in [0.15, 0.2) is 30.3 Å². The van der Waals surface area contributed by atoms with Crippen molar-refractivity contribution < 1.29 is 14.3 Å². The Morgan fingerprint density at radius 2 is 1.77 bits per heavy atom. The van der Waals surface area contributed by atoms with E-state index in [0.29, 0.717) is 19.0 Å². The topological polar surface area (TPSA) is 46.6 Å². The van der Waals surface area contributed by atoms with Crippen LogP contribution in [-0.4, -0.2) is 37.0 Å². The minimum absolute atomic E-state index is 0.0571. The summed E-state index contributed by atoms with van der Waals surface area (Å²) in [5.41, 5.74) is 2.28. The van der Waals surface area contributed by atoms with Crippen molar-refractivity contribution in [3.8, 4) is 0 Å². The summed E-state index contributed by atoms with van der Waals surface area (Å²) in [6, 6.07) is 8.24. The molecule has 26 heavy (non-hydrogen) atoms. The second kappa shape index (κ2) is 12.3. The highest BCUT2D eigenvalue weighted by Crippen LogP contribution is 2.15. The second-order valence-corrected chi connectivity index (χ2v) is 6.87. The van der Waals surface area contributed by atoms with E-state index < -0.39 is 0 Å². The summed E-state index contributed by atoms with van der Waals surface area (Å²) >= 11 is 0. The Hall–Kier alpha value is -2.10. The molecule has 0 heterocycles. The van der Waals surface area contributed by atoms with Gasteiger partial charge in [-0.15, -0.1) is 0 Å². The lowest BCUT2D eigenvalue weighted by Gasteiger charge is -2.20. The lowest BCUT2D eigenvalue weighted by Crippen LogP contribution is -2.32. The zero-order valence-corrected chi connectivity index (χ0v) is 16.7. The van der Waals surface area contributed by atoms with Crippen LogP contribution in [0.4, 0.5) is 0 Å². The number of carbonyl (C=O) groups is 2. The van der Waals surface area contributed by atoms with Gasteiger partial charge in [0.25, 0.3) is 0 Å². The third-order valence-electron chi connectivity index (χ3n) is 4.43. The van der Waals surface area contributed by atoms with Gasteiger partial charge in [0.2, 0.25) is 5.91 Å². The Morgan fingerprint density at radius 1 is 1.08 bits per heavy atom. The number of hydrogen-bond acceptors (Lipinski definition) is 3. The summed E-state index contributed by atoms with van der Waals surface area (Å²) in [5.74, 6) is 0.148. The third-order valence-corrected chi connectivity index (χ3v) is 4.43. The number of carbonyl (C=O) groups excluding carboxylic acids is 2. The number of amides is 1. The first-order valence-corrected chi connectivity index (χ1v) is 9.61. The van der Waals surface area contributed by atoms with Crippen molar-refractivity contribution in [2.75, 3.05) is 20.2 Å². The number of ether oxygens (including phenoxy) is 1. The molecular formula is C22H33NO3. The van der Waals surface area contributed by atoms with Crippen LogP contribution in [0.25, 0.3) is 6.08 Å². The molecule has 1 aromatic rings. The SMILES string of the molecule is CCCCCCN(CCC(=O)OC)C(=O)/C=C/c1ccc(C(C)C)cc1. The maximum atomic E-state index is 12.5. The molecule has 0 fully saturated rings. The molecule has 0 N–H and O–H groups in total. The quantitative estimate of drug-likeness (QED) is 0.324. The predicted octanol–water partition coefficient (Wildman–Crippen LogP) is 4.80. The highest BCUT2D eigenvalue weighted by molar-refractivity contribution is 5.92. The Bertz CT molecular complexity index is 576. The molecule has 4 nitrogen and oxygen atoms in total. The van der Waals surface area contributed by atoms with E-state index in [1.807, 2.05) is 18.2 Å². The lowest BCUT2D eigenvalue weighted by molar-refractivity contribution is -0.141. The molecule has 1 rings (SSSR count). The van der Waals surface area contributed by atoms with Crippen LogP contribution in [0.5, 0.6) is 0 Å². The number of hydrogen-bond donors (Lipinski definition) is 0. The van der Waals surface area contributed by atoms with Gasteiger partial charge in [0.05, 0.1) is 13.5 Å². The maximum Gasteiger partial charge on any atom is 0.307 e. The fourth-order valence-electron chi connectivity index (χ4n) is 2.65. The molecule has 0 aliphatic rings. The van der Waals surface area contributed by atoms with Gasteiger partial charge in [0, 0.05) is 19.2 Å². The van der Waals surface area contributed by atoms with Crippen molar-refractivity contribution in [1.82, 2.24) is 4.90 Å². The first kappa shape index (κ1) is 21.9. The predicted molar refractivity (Wildman–Crippen MR) is 107 cm³/mol. The van der Waals surface area contributed by atoms with Gasteiger partial charge in [-0.05, 0) is 29.5 Å². The molecule has 0 atom stereocenters. The first-order chi connectivity index (χ1) is 12.5. The van der Waals surface area contributed by atoms with Gasteiger partial charge >= 0.3 is 5.97 Å². The lowest BCUT2D eigenvalue weighted by atomic mass is 10.0. The molecule has 0 radical (unpaired) electrons. The monoisotopic (exact) mass is 359 g/mol. The van der Waals surface area contributed by atoms with Gasteiger partial charge in [0.15, 0.2) is 0 Å². The molecule has 0 aliphatic heterocycles. The Kier molecular flexibility index (Phi) is 10.4. The highest BCUT2D eigenvalue weighted by Gasteiger charge is 2.12. The van der Waals surface area contributed by atoms with E-state index in [2.05, 4.69) is 37.6 Å². The molecule has 1 amide bonds. The second-order valence-electron chi connectivity index (χ2n) is 6.87. The van der Waals surface area contributed by atoms with Crippen molar-refractivity contribution in [2.45, 2.75) is 58.8 Å². The number of rotatable bonds is 11. The first-order valence-electron chi connectivity index (χ1n) is 9.61. The van der Waals surface area contributed by atoms with Crippen LogP contribution in [0.3, 0.4) is 0 Å². The normalized spacial score (nSPS) is 11.1. The molecule has 0 aromatic heterocycles. The van der Waals surface area contributed by atoms with Crippen molar-refractivity contribution in [3.05, 3.63) is 41.5 Å². The van der Waals surface area contributed by atoms with Crippen LogP contribution in [0, 0.1) is 0 Å². The molecule has 144 valence electrons. The number of methoxy groups -OCH3 is 1. The van der Waals surface area contributed by atoms with E-state index in [0.717, 1.165) is 31.2 Å². The van der Waals surface area contributed by atoms with Crippen molar-refractivity contribution >= 4 is 18.0 Å². The van der Waals surface area contributed by atoms with E-state index in [9.17, 15) is 9.59 Å². The summed E-state index contributed by atoms with van der Waals surface area (Å²) in [6.45, 7) is 7.55. The Balaban J connectivity index is 2.67.